The second-order valence-electron chi connectivity index (χ2n) is 3.48. The van der Waals surface area contributed by atoms with E-state index in [-0.39, 0.29) is 18.2 Å². The molecule has 1 unspecified atom stereocenters. The number of ether oxygens (including phenoxy) is 1. The first kappa shape index (κ1) is 12.3. The maximum Gasteiger partial charge on any atom is 0.410 e. The Kier molecular flexibility index (Phi) is 5.51. The van der Waals surface area contributed by atoms with Gasteiger partial charge < -0.3 is 9.64 Å². The fourth-order valence-electron chi connectivity index (χ4n) is 1.11. The summed E-state index contributed by atoms with van der Waals surface area (Å²) < 4.78 is 5.11. The molecule has 0 aromatic rings. The van der Waals surface area contributed by atoms with E-state index in [0.29, 0.717) is 6.54 Å². The second-order valence-corrected chi connectivity index (χ2v) is 3.48. The maximum atomic E-state index is 11.5. The van der Waals surface area contributed by atoms with Crippen LogP contribution in [0.2, 0.25) is 0 Å². The Hall–Kier alpha value is -0.730. The third kappa shape index (κ3) is 4.15. The average Bonchev–Trinajstić information content (AvgIpc) is 2.03. The molecule has 0 aromatic carbocycles. The number of hydrogen-bond donors (Lipinski definition) is 0. The van der Waals surface area contributed by atoms with Crippen molar-refractivity contribution in [3.05, 3.63) is 0 Å². The Morgan fingerprint density at radius 2 is 1.85 bits per heavy atom. The van der Waals surface area contributed by atoms with Crippen molar-refractivity contribution >= 4 is 6.09 Å². The summed E-state index contributed by atoms with van der Waals surface area (Å²) in [4.78, 5) is 13.2. The Labute approximate surface area is 81.1 Å². The van der Waals surface area contributed by atoms with E-state index in [4.69, 9.17) is 4.74 Å². The van der Waals surface area contributed by atoms with Gasteiger partial charge in [0, 0.05) is 12.6 Å². The zero-order valence-corrected chi connectivity index (χ0v) is 9.33. The minimum absolute atomic E-state index is 0.0365. The number of carbonyl (C=O) groups excluding carboxylic acids is 1. The first-order valence-corrected chi connectivity index (χ1v) is 5.00. The van der Waals surface area contributed by atoms with Crippen LogP contribution in [0.1, 0.15) is 41.0 Å². The lowest BCUT2D eigenvalue weighted by molar-refractivity contribution is 0.0669. The van der Waals surface area contributed by atoms with E-state index in [1.54, 1.807) is 4.90 Å². The average molecular weight is 187 g/mol. The summed E-state index contributed by atoms with van der Waals surface area (Å²) in [6.07, 6.45) is 0.721. The molecule has 78 valence electrons. The molecule has 1 amide bonds. The molecule has 0 aromatic heterocycles. The zero-order chi connectivity index (χ0) is 10.4. The van der Waals surface area contributed by atoms with Crippen LogP contribution in [0, 0.1) is 0 Å². The van der Waals surface area contributed by atoms with E-state index in [1.165, 1.54) is 0 Å². The Bertz CT molecular complexity index is 157. The minimum atomic E-state index is -0.202. The maximum absolute atomic E-state index is 11.5. The quantitative estimate of drug-likeness (QED) is 0.677. The molecule has 0 spiro atoms. The number of carbonyl (C=O) groups is 1. The molecule has 3 nitrogen and oxygen atoms in total. The topological polar surface area (TPSA) is 29.5 Å². The van der Waals surface area contributed by atoms with Crippen LogP contribution in [0.3, 0.4) is 0 Å². The number of amides is 1. The Balaban J connectivity index is 4.15. The van der Waals surface area contributed by atoms with Crippen molar-refractivity contribution in [3.8, 4) is 0 Å². The van der Waals surface area contributed by atoms with Crippen molar-refractivity contribution in [1.82, 2.24) is 4.90 Å². The summed E-state index contributed by atoms with van der Waals surface area (Å²) in [7, 11) is 0. The molecule has 0 aliphatic carbocycles. The van der Waals surface area contributed by atoms with Gasteiger partial charge in [0.25, 0.3) is 0 Å². The largest absolute Gasteiger partial charge is 0.447 e. The predicted octanol–water partition coefficient (Wildman–Crippen LogP) is 2.65. The summed E-state index contributed by atoms with van der Waals surface area (Å²) >= 11 is 0. The molecule has 1 atom stereocenters. The summed E-state index contributed by atoms with van der Waals surface area (Å²) in [5.41, 5.74) is 0. The van der Waals surface area contributed by atoms with E-state index in [0.717, 1.165) is 6.42 Å². The molecule has 0 fully saturated rings. The van der Waals surface area contributed by atoms with Crippen molar-refractivity contribution < 1.29 is 9.53 Å². The van der Waals surface area contributed by atoms with Crippen LogP contribution in [-0.2, 0) is 4.74 Å². The second kappa shape index (κ2) is 5.84. The molecular formula is C10H21NO2. The van der Waals surface area contributed by atoms with Crippen molar-refractivity contribution in [3.63, 3.8) is 0 Å². The molecule has 0 aliphatic rings. The smallest absolute Gasteiger partial charge is 0.410 e. The van der Waals surface area contributed by atoms with Gasteiger partial charge in [-0.3, -0.25) is 0 Å². The highest BCUT2D eigenvalue weighted by Crippen LogP contribution is 2.06. The van der Waals surface area contributed by atoms with E-state index < -0.39 is 0 Å². The number of hydrogen-bond acceptors (Lipinski definition) is 2. The molecule has 13 heavy (non-hydrogen) atoms. The van der Waals surface area contributed by atoms with Gasteiger partial charge in [-0.15, -0.1) is 0 Å². The van der Waals surface area contributed by atoms with Gasteiger partial charge in [-0.05, 0) is 34.1 Å². The summed E-state index contributed by atoms with van der Waals surface area (Å²) in [6.45, 7) is 10.5. The van der Waals surface area contributed by atoms with Gasteiger partial charge in [-0.2, -0.15) is 0 Å². The van der Waals surface area contributed by atoms with Crippen LogP contribution >= 0.6 is 0 Å². The van der Waals surface area contributed by atoms with Gasteiger partial charge in [-0.1, -0.05) is 6.92 Å². The van der Waals surface area contributed by atoms with Crippen molar-refractivity contribution in [1.29, 1.82) is 0 Å². The van der Waals surface area contributed by atoms with Crippen molar-refractivity contribution in [2.24, 2.45) is 0 Å². The highest BCUT2D eigenvalue weighted by molar-refractivity contribution is 5.68. The van der Waals surface area contributed by atoms with Crippen LogP contribution in [0.15, 0.2) is 0 Å². The van der Waals surface area contributed by atoms with E-state index in [1.807, 2.05) is 27.7 Å². The van der Waals surface area contributed by atoms with Crippen molar-refractivity contribution in [2.45, 2.75) is 53.2 Å². The van der Waals surface area contributed by atoms with Crippen LogP contribution in [-0.4, -0.2) is 29.7 Å². The Morgan fingerprint density at radius 3 is 2.15 bits per heavy atom. The molecule has 0 bridgehead atoms. The molecule has 0 radical (unpaired) electrons. The lowest BCUT2D eigenvalue weighted by Crippen LogP contribution is -2.39. The monoisotopic (exact) mass is 187 g/mol. The van der Waals surface area contributed by atoms with Gasteiger partial charge in [0.15, 0.2) is 0 Å². The van der Waals surface area contributed by atoms with Gasteiger partial charge in [0.05, 0.1) is 6.10 Å². The molecule has 0 aliphatic heterocycles. The standard InChI is InChI=1S/C10H21NO2/c1-6-9(5)11(7-2)10(12)13-8(3)4/h8-9H,6-7H2,1-5H3. The Morgan fingerprint density at radius 1 is 1.31 bits per heavy atom. The van der Waals surface area contributed by atoms with Crippen LogP contribution in [0.5, 0.6) is 0 Å². The summed E-state index contributed by atoms with van der Waals surface area (Å²) in [6, 6.07) is 0.260. The highest BCUT2D eigenvalue weighted by atomic mass is 16.6. The lowest BCUT2D eigenvalue weighted by atomic mass is 10.2. The van der Waals surface area contributed by atoms with Gasteiger partial charge in [0.1, 0.15) is 0 Å². The van der Waals surface area contributed by atoms with E-state index in [9.17, 15) is 4.79 Å². The van der Waals surface area contributed by atoms with Gasteiger partial charge >= 0.3 is 6.09 Å². The summed E-state index contributed by atoms with van der Waals surface area (Å²) in [5.74, 6) is 0. The predicted molar refractivity (Wildman–Crippen MR) is 53.8 cm³/mol. The summed E-state index contributed by atoms with van der Waals surface area (Å²) in [5, 5.41) is 0. The van der Waals surface area contributed by atoms with E-state index in [2.05, 4.69) is 6.92 Å². The normalized spacial score (nSPS) is 12.8. The molecule has 0 saturated heterocycles. The van der Waals surface area contributed by atoms with Crippen molar-refractivity contribution in [2.75, 3.05) is 6.54 Å². The third-order valence-electron chi connectivity index (χ3n) is 2.03. The lowest BCUT2D eigenvalue weighted by Gasteiger charge is -2.27. The first-order chi connectivity index (χ1) is 6.02. The van der Waals surface area contributed by atoms with Crippen LogP contribution in [0.4, 0.5) is 4.79 Å². The fraction of sp³-hybridized carbons (Fsp3) is 0.900. The van der Waals surface area contributed by atoms with Crippen LogP contribution in [0.25, 0.3) is 0 Å². The fourth-order valence-corrected chi connectivity index (χ4v) is 1.11. The van der Waals surface area contributed by atoms with Gasteiger partial charge in [-0.25, -0.2) is 4.79 Å². The third-order valence-corrected chi connectivity index (χ3v) is 2.03. The molecular weight excluding hydrogens is 166 g/mol. The molecule has 0 N–H and O–H groups in total. The first-order valence-electron chi connectivity index (χ1n) is 5.00. The van der Waals surface area contributed by atoms with E-state index >= 15 is 0 Å². The zero-order valence-electron chi connectivity index (χ0n) is 9.33. The SMILES string of the molecule is CCC(C)N(CC)C(=O)OC(C)C. The van der Waals surface area contributed by atoms with Crippen LogP contribution < -0.4 is 0 Å². The molecule has 0 rings (SSSR count). The number of rotatable bonds is 4. The highest BCUT2D eigenvalue weighted by Gasteiger charge is 2.18. The minimum Gasteiger partial charge on any atom is -0.447 e. The number of nitrogens with zero attached hydrogens (tertiary/aromatic N) is 1. The molecule has 3 heteroatoms. The van der Waals surface area contributed by atoms with Gasteiger partial charge in [0.2, 0.25) is 0 Å². The molecule has 0 saturated carbocycles. The molecule has 0 heterocycles.